The lowest BCUT2D eigenvalue weighted by atomic mass is 10.1. The smallest absolute Gasteiger partial charge is 0.271 e. The van der Waals surface area contributed by atoms with Crippen LogP contribution in [-0.4, -0.2) is 24.6 Å². The van der Waals surface area contributed by atoms with E-state index in [1.165, 1.54) is 0 Å². The monoisotopic (exact) mass is 557 g/mol. The Balaban J connectivity index is 1.19. The third-order valence-electron chi connectivity index (χ3n) is 5.74. The van der Waals surface area contributed by atoms with Gasteiger partial charge in [0.2, 0.25) is 0 Å². The van der Waals surface area contributed by atoms with Crippen LogP contribution in [0.25, 0.3) is 0 Å². The average molecular weight is 558 g/mol. The maximum absolute atomic E-state index is 12.4. The van der Waals surface area contributed by atoms with Crippen LogP contribution in [0.3, 0.4) is 0 Å². The summed E-state index contributed by atoms with van der Waals surface area (Å²) < 4.78 is 5.58. The second-order valence-corrected chi connectivity index (χ2v) is 10.2. The number of hydrogen-bond acceptors (Lipinski definition) is 5. The Hall–Kier alpha value is -4.07. The van der Waals surface area contributed by atoms with Crippen molar-refractivity contribution in [3.8, 4) is 5.75 Å². The average Bonchev–Trinajstić information content (AvgIpc) is 2.97. The van der Waals surface area contributed by atoms with Crippen molar-refractivity contribution in [2.75, 3.05) is 6.61 Å². The first-order valence-electron chi connectivity index (χ1n) is 12.3. The molecule has 8 heteroatoms. The molecule has 0 aliphatic heterocycles. The van der Waals surface area contributed by atoms with Crippen molar-refractivity contribution in [3.63, 3.8) is 0 Å². The quantitative estimate of drug-likeness (QED) is 0.123. The first-order valence-corrected chi connectivity index (χ1v) is 13.7. The molecule has 198 valence electrons. The van der Waals surface area contributed by atoms with Crippen molar-refractivity contribution in [2.24, 2.45) is 5.10 Å². The number of benzene rings is 4. The first-order chi connectivity index (χ1) is 19.0. The lowest BCUT2D eigenvalue weighted by Gasteiger charge is -2.14. The fraction of sp³-hybridized carbons (Fsp3) is 0.129. The Morgan fingerprint density at radius 1 is 0.923 bits per heavy atom. The van der Waals surface area contributed by atoms with Gasteiger partial charge in [-0.15, -0.1) is 11.8 Å². The Kier molecular flexibility index (Phi) is 10.2. The van der Waals surface area contributed by atoms with Crippen LogP contribution in [0.15, 0.2) is 113 Å². The van der Waals surface area contributed by atoms with Crippen LogP contribution in [0.1, 0.15) is 40.0 Å². The minimum absolute atomic E-state index is 0.0841. The third-order valence-corrected chi connectivity index (χ3v) is 7.08. The highest BCUT2D eigenvalue weighted by atomic mass is 35.5. The number of carbonyl (C=O) groups excluding carboxylic acids is 2. The number of nitrogens with zero attached hydrogens (tertiary/aromatic N) is 1. The molecule has 0 aliphatic rings. The van der Waals surface area contributed by atoms with Gasteiger partial charge in [0.1, 0.15) is 5.75 Å². The molecule has 4 aromatic carbocycles. The molecule has 2 amide bonds. The summed E-state index contributed by atoms with van der Waals surface area (Å²) in [4.78, 5) is 25.8. The molecule has 2 N–H and O–H groups in total. The Morgan fingerprint density at radius 3 is 2.31 bits per heavy atom. The molecule has 4 rings (SSSR count). The molecule has 0 saturated carbocycles. The normalized spacial score (nSPS) is 11.6. The third kappa shape index (κ3) is 9.02. The highest BCUT2D eigenvalue weighted by Crippen LogP contribution is 2.24. The van der Waals surface area contributed by atoms with Gasteiger partial charge in [-0.2, -0.15) is 5.10 Å². The standard InChI is InChI=1S/C31H28ClN3O3S/c1-22(25-5-3-2-4-6-25)34-30(36)20-38-28-15-9-23(10-16-28)19-33-35-31(37)26-11-7-24(8-12-26)21-39-29-17-13-27(32)14-18-29/h2-19,22H,20-21H2,1H3,(H,34,36)(H,35,37)/b33-19-/t22-/m1/s1. The minimum atomic E-state index is -0.293. The lowest BCUT2D eigenvalue weighted by Crippen LogP contribution is -2.31. The molecular weight excluding hydrogens is 530 g/mol. The molecule has 0 radical (unpaired) electrons. The summed E-state index contributed by atoms with van der Waals surface area (Å²) in [6, 6.07) is 31.9. The molecule has 6 nitrogen and oxygen atoms in total. The van der Waals surface area contributed by atoms with Crippen molar-refractivity contribution in [1.82, 2.24) is 10.7 Å². The number of amides is 2. The van der Waals surface area contributed by atoms with Crippen LogP contribution in [-0.2, 0) is 10.5 Å². The number of carbonyl (C=O) groups is 2. The number of halogens is 1. The van der Waals surface area contributed by atoms with Gasteiger partial charge in [-0.25, -0.2) is 5.43 Å². The zero-order valence-electron chi connectivity index (χ0n) is 21.3. The summed E-state index contributed by atoms with van der Waals surface area (Å²) in [5, 5.41) is 7.68. The van der Waals surface area contributed by atoms with E-state index in [2.05, 4.69) is 15.8 Å². The van der Waals surface area contributed by atoms with E-state index in [1.807, 2.05) is 73.7 Å². The summed E-state index contributed by atoms with van der Waals surface area (Å²) in [6.45, 7) is 1.85. The number of rotatable bonds is 11. The van der Waals surface area contributed by atoms with E-state index in [-0.39, 0.29) is 24.5 Å². The molecule has 39 heavy (non-hydrogen) atoms. The maximum Gasteiger partial charge on any atom is 0.271 e. The number of nitrogens with one attached hydrogen (secondary N) is 2. The molecule has 0 spiro atoms. The van der Waals surface area contributed by atoms with E-state index >= 15 is 0 Å². The predicted molar refractivity (Wildman–Crippen MR) is 157 cm³/mol. The van der Waals surface area contributed by atoms with Gasteiger partial charge in [0, 0.05) is 21.2 Å². The fourth-order valence-corrected chi connectivity index (χ4v) is 4.57. The molecule has 0 fully saturated rings. The van der Waals surface area contributed by atoms with Crippen LogP contribution in [0.5, 0.6) is 5.75 Å². The topological polar surface area (TPSA) is 79.8 Å². The number of hydrazone groups is 1. The highest BCUT2D eigenvalue weighted by molar-refractivity contribution is 7.98. The van der Waals surface area contributed by atoms with Gasteiger partial charge < -0.3 is 10.1 Å². The van der Waals surface area contributed by atoms with E-state index in [9.17, 15) is 9.59 Å². The van der Waals surface area contributed by atoms with Crippen molar-refractivity contribution in [3.05, 3.63) is 130 Å². The van der Waals surface area contributed by atoms with Crippen molar-refractivity contribution in [2.45, 2.75) is 23.6 Å². The first kappa shape index (κ1) is 28.0. The van der Waals surface area contributed by atoms with E-state index in [0.717, 1.165) is 27.3 Å². The SMILES string of the molecule is C[C@@H](NC(=O)COc1ccc(/C=N\NC(=O)c2ccc(CSc3ccc(Cl)cc3)cc2)cc1)c1ccccc1. The van der Waals surface area contributed by atoms with Crippen molar-refractivity contribution >= 4 is 41.4 Å². The second kappa shape index (κ2) is 14.2. The van der Waals surface area contributed by atoms with Crippen LogP contribution >= 0.6 is 23.4 Å². The molecule has 0 unspecified atom stereocenters. The van der Waals surface area contributed by atoms with E-state index in [0.29, 0.717) is 16.3 Å². The summed E-state index contributed by atoms with van der Waals surface area (Å²) in [6.07, 6.45) is 1.55. The van der Waals surface area contributed by atoms with Gasteiger partial charge in [-0.05, 0) is 84.3 Å². The van der Waals surface area contributed by atoms with Gasteiger partial charge in [-0.3, -0.25) is 9.59 Å². The van der Waals surface area contributed by atoms with Gasteiger partial charge in [-0.1, -0.05) is 54.1 Å². The van der Waals surface area contributed by atoms with Crippen LogP contribution in [0, 0.1) is 0 Å². The largest absolute Gasteiger partial charge is 0.484 e. The van der Waals surface area contributed by atoms with Crippen LogP contribution in [0.2, 0.25) is 5.02 Å². The summed E-state index contributed by atoms with van der Waals surface area (Å²) in [5.41, 5.74) is 5.99. The number of ether oxygens (including phenoxy) is 1. The molecule has 0 bridgehead atoms. The predicted octanol–water partition coefficient (Wildman–Crippen LogP) is 6.65. The molecular formula is C31H28ClN3O3S. The Labute approximate surface area is 237 Å². The lowest BCUT2D eigenvalue weighted by molar-refractivity contribution is -0.123. The summed E-state index contributed by atoms with van der Waals surface area (Å²) >= 11 is 7.63. The van der Waals surface area contributed by atoms with Gasteiger partial charge in [0.15, 0.2) is 6.61 Å². The van der Waals surface area contributed by atoms with E-state index in [1.54, 1.807) is 54.4 Å². The van der Waals surface area contributed by atoms with Gasteiger partial charge >= 0.3 is 0 Å². The molecule has 0 aromatic heterocycles. The second-order valence-electron chi connectivity index (χ2n) is 8.70. The zero-order valence-corrected chi connectivity index (χ0v) is 22.9. The van der Waals surface area contributed by atoms with Crippen LogP contribution < -0.4 is 15.5 Å². The zero-order chi connectivity index (χ0) is 27.5. The number of hydrogen-bond donors (Lipinski definition) is 2. The molecule has 4 aromatic rings. The van der Waals surface area contributed by atoms with Gasteiger partial charge in [0.05, 0.1) is 12.3 Å². The molecule has 0 aliphatic carbocycles. The molecule has 1 atom stereocenters. The Bertz CT molecular complexity index is 1390. The minimum Gasteiger partial charge on any atom is -0.484 e. The number of thioether (sulfide) groups is 1. The molecule has 0 saturated heterocycles. The fourth-order valence-electron chi connectivity index (χ4n) is 3.59. The Morgan fingerprint density at radius 2 is 1.62 bits per heavy atom. The molecule has 0 heterocycles. The van der Waals surface area contributed by atoms with Crippen molar-refractivity contribution in [1.29, 1.82) is 0 Å². The highest BCUT2D eigenvalue weighted by Gasteiger charge is 2.10. The maximum atomic E-state index is 12.4. The van der Waals surface area contributed by atoms with Crippen LogP contribution in [0.4, 0.5) is 0 Å². The summed E-state index contributed by atoms with van der Waals surface area (Å²) in [7, 11) is 0. The van der Waals surface area contributed by atoms with Gasteiger partial charge in [0.25, 0.3) is 11.8 Å². The van der Waals surface area contributed by atoms with Crippen molar-refractivity contribution < 1.29 is 14.3 Å². The van der Waals surface area contributed by atoms with E-state index < -0.39 is 0 Å². The summed E-state index contributed by atoms with van der Waals surface area (Å²) in [5.74, 6) is 0.860. The van der Waals surface area contributed by atoms with E-state index in [4.69, 9.17) is 16.3 Å².